The van der Waals surface area contributed by atoms with Gasteiger partial charge < -0.3 is 24.2 Å². The van der Waals surface area contributed by atoms with Crippen LogP contribution in [0.5, 0.6) is 0 Å². The van der Waals surface area contributed by atoms with E-state index in [0.717, 1.165) is 56.6 Å². The van der Waals surface area contributed by atoms with E-state index in [9.17, 15) is 19.2 Å². The number of alkyl halides is 3. The molecule has 2 N–H and O–H groups in total. The summed E-state index contributed by atoms with van der Waals surface area (Å²) in [6, 6.07) is 87.9. The molecule has 536 valence electrons. The molecular formula is C89H102Cl4N4O5. The highest BCUT2D eigenvalue weighted by Crippen LogP contribution is 2.29. The Balaban J connectivity index is 0.000000329. The van der Waals surface area contributed by atoms with Crippen LogP contribution in [0.4, 0.5) is 0 Å². The number of aromatic nitrogens is 3. The molecular weight excluding hydrogens is 1350 g/mol. The van der Waals surface area contributed by atoms with Gasteiger partial charge >= 0.3 is 5.97 Å². The average Bonchev–Trinajstić information content (AvgIpc) is 1.57. The van der Waals surface area contributed by atoms with Gasteiger partial charge in [0.1, 0.15) is 5.78 Å². The first-order valence-corrected chi connectivity index (χ1v) is 35.7. The second-order valence-electron chi connectivity index (χ2n) is 22.6. The molecule has 0 spiro atoms. The van der Waals surface area contributed by atoms with E-state index in [1.165, 1.54) is 97.0 Å². The average molecular weight is 1450 g/mol. The van der Waals surface area contributed by atoms with E-state index >= 15 is 0 Å². The predicted octanol–water partition coefficient (Wildman–Crippen LogP) is 23.2. The largest absolute Gasteiger partial charge is 0.466 e. The fourth-order valence-corrected chi connectivity index (χ4v) is 11.0. The van der Waals surface area contributed by atoms with Crippen molar-refractivity contribution >= 4 is 75.8 Å². The third-order valence-electron chi connectivity index (χ3n) is 16.0. The molecule has 0 fully saturated rings. The first kappa shape index (κ1) is 86.9. The maximum Gasteiger partial charge on any atom is 0.330 e. The molecule has 1 atom stereocenters. The third-order valence-corrected chi connectivity index (χ3v) is 17.3. The summed E-state index contributed by atoms with van der Waals surface area (Å²) in [6.07, 6.45) is 12.3. The van der Waals surface area contributed by atoms with Crippen LogP contribution in [0.3, 0.4) is 0 Å². The van der Waals surface area contributed by atoms with Gasteiger partial charge in [0.05, 0.1) is 18.2 Å². The van der Waals surface area contributed by atoms with Gasteiger partial charge in [-0.2, -0.15) is 0 Å². The second kappa shape index (κ2) is 50.1. The number of esters is 1. The summed E-state index contributed by atoms with van der Waals surface area (Å²) >= 11 is 20.8. The Morgan fingerprint density at radius 3 is 1.18 bits per heavy atom. The van der Waals surface area contributed by atoms with Crippen molar-refractivity contribution < 1.29 is 23.9 Å². The highest BCUT2D eigenvalue weighted by molar-refractivity contribution is 6.63. The Labute approximate surface area is 628 Å². The van der Waals surface area contributed by atoms with Crippen LogP contribution in [0.2, 0.25) is 0 Å². The van der Waals surface area contributed by atoms with E-state index in [2.05, 4.69) is 241 Å². The summed E-state index contributed by atoms with van der Waals surface area (Å²) in [7, 11) is 1.39. The fraction of sp³-hybridized carbons (Fsp3) is 0.236. The summed E-state index contributed by atoms with van der Waals surface area (Å²) in [5, 5.41) is -0.455. The molecule has 0 aliphatic heterocycles. The van der Waals surface area contributed by atoms with E-state index in [4.69, 9.17) is 56.9 Å². The number of halogens is 4. The topological polar surface area (TPSA) is 118 Å². The minimum atomic E-state index is -0.347. The van der Waals surface area contributed by atoms with Gasteiger partial charge in [0.25, 0.3) is 0 Å². The van der Waals surface area contributed by atoms with E-state index in [0.29, 0.717) is 37.6 Å². The minimum absolute atomic E-state index is 0. The number of Topliss-reactive ketones (excluding diaryl/α,β-unsaturated/α-hetero) is 1. The Morgan fingerprint density at radius 1 is 0.480 bits per heavy atom. The Bertz CT molecular complexity index is 4200. The molecule has 11 aromatic rings. The third kappa shape index (κ3) is 29.0. The van der Waals surface area contributed by atoms with Crippen molar-refractivity contribution in [2.45, 2.75) is 120 Å². The van der Waals surface area contributed by atoms with Crippen LogP contribution in [0.25, 0.3) is 50.6 Å². The number of allylic oxidation sites excluding steroid dienone is 1. The lowest BCUT2D eigenvalue weighted by molar-refractivity contribution is -0.134. The molecule has 102 heavy (non-hydrogen) atoms. The molecule has 9 nitrogen and oxygen atoms in total. The van der Waals surface area contributed by atoms with E-state index in [1.807, 2.05) is 73.7 Å². The highest BCUT2D eigenvalue weighted by Gasteiger charge is 2.14. The fourth-order valence-electron chi connectivity index (χ4n) is 10.7. The number of nitrogens with two attached hydrogens (primary N) is 1. The van der Waals surface area contributed by atoms with Gasteiger partial charge in [0, 0.05) is 92.3 Å². The van der Waals surface area contributed by atoms with Crippen LogP contribution >= 0.6 is 46.4 Å². The summed E-state index contributed by atoms with van der Waals surface area (Å²) in [5.41, 5.74) is 26.2. The normalized spacial score (nSPS) is 10.3. The minimum Gasteiger partial charge on any atom is -0.466 e. The van der Waals surface area contributed by atoms with Crippen molar-refractivity contribution in [1.29, 1.82) is 0 Å². The molecule has 1 unspecified atom stereocenters. The van der Waals surface area contributed by atoms with Crippen molar-refractivity contribution in [2.24, 2.45) is 5.73 Å². The standard InChI is InChI=1S/C23H23NO2.C20H19NO.C19H19N.C13H13N.C6H10Cl2O.C3H5ClO.C3H5Cl.2CH4/c1-3-20-13-14-21(15-16-23(25)26-2)24(20)17-19-11-7-8-12-22(19)18-9-5-4-6-10-18;1-2-18-12-13-19(15-22)21(18)14-17-10-6-7-11-20(17)16-8-4-3-5-9-16;1-2-18-12-8-14-20(18)15-17-11-6-7-13-19(17)16-9-4-3-5-10-16;14-10-12-8-4-5-9-13(12)11-6-2-1-3-7-11;1-2-6(9)3-5(8)4-7;1-2-3(4)5;1-2-3-4;;/h4-16H,3,17H2,1-2H3;3-13,15H,2,14H2,1H3;3-14H,2,15H2,1H3;1-9H,10,14H2;5H,2-4H2,1H3;2H2,1H3;2H,1,3H2;2*1H4/b16-15+;;;;;;;;. The van der Waals surface area contributed by atoms with Crippen LogP contribution in [-0.4, -0.2) is 61.2 Å². The van der Waals surface area contributed by atoms with Crippen LogP contribution in [0.15, 0.2) is 280 Å². The number of carbonyl (C=O) groups excluding carboxylic acids is 4. The smallest absolute Gasteiger partial charge is 0.330 e. The molecule has 0 saturated heterocycles. The molecule has 3 heterocycles. The molecule has 13 heteroatoms. The van der Waals surface area contributed by atoms with E-state index in [-0.39, 0.29) is 37.2 Å². The summed E-state index contributed by atoms with van der Waals surface area (Å²) < 4.78 is 11.4. The van der Waals surface area contributed by atoms with E-state index in [1.54, 1.807) is 13.0 Å². The molecule has 0 saturated carbocycles. The number of methoxy groups -OCH3 is 1. The SMILES string of the molecule is C.C.C=CCCl.CCC(=O)CC(Cl)CCl.CCC(=O)Cl.CCc1ccc(/C=C/C(=O)OC)n1Cc1ccccc1-c1ccccc1.CCc1ccc(C=O)n1Cc1ccccc1-c1ccccc1.CCc1cccn1Cc1ccccc1-c1ccccc1.NCc1ccccc1-c1ccccc1. The zero-order valence-corrected chi connectivity index (χ0v) is 61.4. The number of aldehydes is 1. The molecule has 0 aliphatic carbocycles. The lowest BCUT2D eigenvalue weighted by Crippen LogP contribution is -2.08. The first-order valence-electron chi connectivity index (χ1n) is 33.8. The van der Waals surface area contributed by atoms with Crippen molar-refractivity contribution in [3.8, 4) is 44.5 Å². The summed E-state index contributed by atoms with van der Waals surface area (Å²) in [6.45, 7) is 16.3. The number of ether oxygens (including phenoxy) is 1. The zero-order chi connectivity index (χ0) is 72.3. The van der Waals surface area contributed by atoms with Gasteiger partial charge in [-0.15, -0.1) is 41.4 Å². The lowest BCUT2D eigenvalue weighted by Gasteiger charge is -2.15. The van der Waals surface area contributed by atoms with Crippen molar-refractivity contribution in [3.63, 3.8) is 0 Å². The van der Waals surface area contributed by atoms with Crippen molar-refractivity contribution in [3.05, 3.63) is 330 Å². The monoisotopic (exact) mass is 1450 g/mol. The number of carbonyl (C=O) groups is 4. The second-order valence-corrected chi connectivity index (χ2v) is 24.3. The van der Waals surface area contributed by atoms with Gasteiger partial charge in [0.15, 0.2) is 6.29 Å². The number of ketones is 1. The van der Waals surface area contributed by atoms with Crippen LogP contribution < -0.4 is 5.73 Å². The molecule has 0 amide bonds. The van der Waals surface area contributed by atoms with Crippen LogP contribution in [-0.2, 0) is 64.6 Å². The summed E-state index contributed by atoms with van der Waals surface area (Å²) in [4.78, 5) is 42.9. The number of aryl methyl sites for hydroxylation is 3. The number of nitrogens with zero attached hydrogens (tertiary/aromatic N) is 3. The number of rotatable bonds is 23. The highest BCUT2D eigenvalue weighted by atomic mass is 35.5. The van der Waals surface area contributed by atoms with Gasteiger partial charge in [-0.3, -0.25) is 14.4 Å². The number of hydrogen-bond donors (Lipinski definition) is 1. The lowest BCUT2D eigenvalue weighted by atomic mass is 9.99. The molecule has 0 aliphatic rings. The number of benzene rings is 8. The Hall–Kier alpha value is -9.32. The molecule has 11 rings (SSSR count). The van der Waals surface area contributed by atoms with E-state index < -0.39 is 0 Å². The molecule has 8 aromatic carbocycles. The quantitative estimate of drug-likeness (QED) is 0.0170. The van der Waals surface area contributed by atoms with Crippen molar-refractivity contribution in [1.82, 2.24) is 13.7 Å². The maximum absolute atomic E-state index is 11.5. The molecule has 0 bridgehead atoms. The molecule has 3 aromatic heterocycles. The first-order chi connectivity index (χ1) is 48.7. The van der Waals surface area contributed by atoms with Crippen LogP contribution in [0, 0.1) is 0 Å². The van der Waals surface area contributed by atoms with Gasteiger partial charge in [-0.05, 0) is 140 Å². The van der Waals surface area contributed by atoms with Gasteiger partial charge in [0.2, 0.25) is 5.24 Å². The zero-order valence-electron chi connectivity index (χ0n) is 58.4. The number of hydrogen-bond acceptors (Lipinski definition) is 6. The van der Waals surface area contributed by atoms with Crippen LogP contribution in [0.1, 0.15) is 124 Å². The maximum atomic E-state index is 11.5. The van der Waals surface area contributed by atoms with Crippen molar-refractivity contribution in [2.75, 3.05) is 18.9 Å². The van der Waals surface area contributed by atoms with Gasteiger partial charge in [-0.25, -0.2) is 4.79 Å². The summed E-state index contributed by atoms with van der Waals surface area (Å²) in [5.74, 6) is 0.740. The van der Waals surface area contributed by atoms with Gasteiger partial charge in [-0.1, -0.05) is 274 Å². The predicted molar refractivity (Wildman–Crippen MR) is 436 cm³/mol. The molecule has 0 radical (unpaired) electrons. The Morgan fingerprint density at radius 2 is 0.833 bits per heavy atom. The Kier molecular flexibility index (Phi) is 42.7.